The predicted octanol–water partition coefficient (Wildman–Crippen LogP) is 15.4. The first-order valence-electron chi connectivity index (χ1n) is 32.1. The van der Waals surface area contributed by atoms with Crippen LogP contribution in [0.2, 0.25) is 0 Å². The smallest absolute Gasteiger partial charge is 0.305 e. The van der Waals surface area contributed by atoms with Gasteiger partial charge in [-0.05, 0) is 103 Å². The second-order valence-corrected chi connectivity index (χ2v) is 22.1. The maximum absolute atomic E-state index is 13.0. The summed E-state index contributed by atoms with van der Waals surface area (Å²) >= 11 is 0. The zero-order valence-corrected chi connectivity index (χ0v) is 49.4. The van der Waals surface area contributed by atoms with Crippen molar-refractivity contribution >= 4 is 11.9 Å². The van der Waals surface area contributed by atoms with Crippen LogP contribution in [-0.2, 0) is 23.8 Å². The Kier molecular flexibility index (Phi) is 52.0. The predicted molar refractivity (Wildman–Crippen MR) is 320 cm³/mol. The molecule has 77 heavy (non-hydrogen) atoms. The minimum Gasteiger partial charge on any atom is -0.466 e. The number of ether oxygens (including phenoxy) is 3. The van der Waals surface area contributed by atoms with Gasteiger partial charge in [0.25, 0.3) is 0 Å². The summed E-state index contributed by atoms with van der Waals surface area (Å²) in [6, 6.07) is -0.833. The van der Waals surface area contributed by atoms with Gasteiger partial charge in [-0.25, -0.2) is 0 Å². The quantitative estimate of drug-likeness (QED) is 0.0195. The number of allylic oxidation sites excluding steroid dienone is 9. The van der Waals surface area contributed by atoms with E-state index in [1.807, 2.05) is 6.08 Å². The Hall–Kier alpha value is -2.64. The van der Waals surface area contributed by atoms with Crippen LogP contribution in [0.3, 0.4) is 0 Å². The molecule has 1 amide bonds. The summed E-state index contributed by atoms with van der Waals surface area (Å²) in [4.78, 5) is 25.1. The topological polar surface area (TPSA) is 175 Å². The van der Waals surface area contributed by atoms with Crippen molar-refractivity contribution in [3.8, 4) is 0 Å². The van der Waals surface area contributed by atoms with Crippen LogP contribution in [0, 0.1) is 0 Å². The molecule has 6 N–H and O–H groups in total. The largest absolute Gasteiger partial charge is 0.466 e. The number of hydrogen-bond donors (Lipinski definition) is 6. The van der Waals surface area contributed by atoms with E-state index >= 15 is 0 Å². The van der Waals surface area contributed by atoms with Crippen molar-refractivity contribution in [3.05, 3.63) is 60.8 Å². The number of hydrogen-bond acceptors (Lipinski definition) is 10. The van der Waals surface area contributed by atoms with Gasteiger partial charge in [0.05, 0.1) is 32.0 Å². The van der Waals surface area contributed by atoms with Gasteiger partial charge in [0.1, 0.15) is 24.4 Å². The fourth-order valence-corrected chi connectivity index (χ4v) is 9.71. The minimum absolute atomic E-state index is 0.0127. The number of aliphatic hydroxyl groups excluding tert-OH is 5. The van der Waals surface area contributed by atoms with Crippen LogP contribution in [-0.4, -0.2) is 100 Å². The van der Waals surface area contributed by atoms with Gasteiger partial charge < -0.3 is 45.1 Å². The second kappa shape index (κ2) is 55.3. The van der Waals surface area contributed by atoms with Gasteiger partial charge in [-0.15, -0.1) is 0 Å². The highest BCUT2D eigenvalue weighted by Crippen LogP contribution is 2.23. The van der Waals surface area contributed by atoms with Gasteiger partial charge in [-0.1, -0.05) is 229 Å². The molecule has 0 spiro atoms. The Morgan fingerprint density at radius 2 is 0.883 bits per heavy atom. The Bertz CT molecular complexity index is 1460. The van der Waals surface area contributed by atoms with Crippen molar-refractivity contribution in [2.75, 3.05) is 19.8 Å². The molecule has 7 unspecified atom stereocenters. The lowest BCUT2D eigenvalue weighted by atomic mass is 9.99. The summed E-state index contributed by atoms with van der Waals surface area (Å²) < 4.78 is 16.7. The average Bonchev–Trinajstić information content (AvgIpc) is 3.43. The molecule has 7 atom stereocenters. The molecule has 0 radical (unpaired) electrons. The normalized spacial score (nSPS) is 19.0. The Labute approximate surface area is 471 Å². The molecule has 11 heteroatoms. The monoisotopic (exact) mass is 1090 g/mol. The highest BCUT2D eigenvalue weighted by molar-refractivity contribution is 5.76. The lowest BCUT2D eigenvalue weighted by molar-refractivity contribution is -0.302. The van der Waals surface area contributed by atoms with E-state index in [2.05, 4.69) is 67.8 Å². The molecule has 0 aliphatic carbocycles. The molecule has 0 saturated carbocycles. The number of rotatable bonds is 55. The number of nitrogens with one attached hydrogen (secondary N) is 1. The van der Waals surface area contributed by atoms with E-state index in [0.29, 0.717) is 19.4 Å². The fraction of sp³-hybridized carbons (Fsp3) is 0.818. The number of esters is 1. The van der Waals surface area contributed by atoms with Crippen molar-refractivity contribution in [1.82, 2.24) is 5.32 Å². The third-order valence-electron chi connectivity index (χ3n) is 14.8. The van der Waals surface area contributed by atoms with E-state index in [1.165, 1.54) is 173 Å². The third-order valence-corrected chi connectivity index (χ3v) is 14.8. The highest BCUT2D eigenvalue weighted by Gasteiger charge is 2.44. The molecule has 1 aliphatic rings. The van der Waals surface area contributed by atoms with Gasteiger partial charge >= 0.3 is 5.97 Å². The summed E-state index contributed by atoms with van der Waals surface area (Å²) in [5.41, 5.74) is 0. The van der Waals surface area contributed by atoms with Gasteiger partial charge in [-0.3, -0.25) is 9.59 Å². The first-order chi connectivity index (χ1) is 37.7. The maximum atomic E-state index is 13.0. The fourth-order valence-electron chi connectivity index (χ4n) is 9.71. The van der Waals surface area contributed by atoms with E-state index < -0.39 is 49.5 Å². The molecule has 1 aliphatic heterocycles. The van der Waals surface area contributed by atoms with E-state index in [0.717, 1.165) is 83.5 Å². The van der Waals surface area contributed by atoms with Crippen LogP contribution < -0.4 is 5.32 Å². The summed E-state index contributed by atoms with van der Waals surface area (Å²) in [7, 11) is 0. The standard InChI is InChI=1S/C66H119NO10/c1-3-5-7-9-11-13-15-32-36-40-44-48-52-59(69)58(57-76-66-65(74)64(73)63(72)60(56-68)77-66)67-61(70)53-49-45-41-37-33-30-28-26-24-22-20-18-17-19-21-23-25-27-29-31-35-39-43-47-51-55-75-62(71)54-50-46-42-38-34-16-14-12-10-8-6-4-2/h12,14,18-21,32,36,48,52,58-60,63-66,68-69,72-74H,3-11,13,15-17,22-31,33-35,37-47,49-51,53-57H2,1-2H3,(H,67,70)/b14-12-,20-18-,21-19-,36-32+,52-48+. The van der Waals surface area contributed by atoms with E-state index in [9.17, 15) is 35.1 Å². The summed E-state index contributed by atoms with van der Waals surface area (Å²) in [5, 5.41) is 54.3. The van der Waals surface area contributed by atoms with E-state index in [-0.39, 0.29) is 18.5 Å². The summed E-state index contributed by atoms with van der Waals surface area (Å²) in [6.45, 7) is 4.28. The van der Waals surface area contributed by atoms with Crippen LogP contribution in [0.5, 0.6) is 0 Å². The highest BCUT2D eigenvalue weighted by atomic mass is 16.7. The molecule has 1 saturated heterocycles. The molecular weight excluding hydrogens is 967 g/mol. The lowest BCUT2D eigenvalue weighted by Crippen LogP contribution is -2.60. The summed E-state index contributed by atoms with van der Waals surface area (Å²) in [5.74, 6) is -0.212. The summed E-state index contributed by atoms with van der Waals surface area (Å²) in [6.07, 6.45) is 61.9. The number of aliphatic hydroxyl groups is 5. The van der Waals surface area contributed by atoms with Crippen molar-refractivity contribution in [2.45, 2.75) is 326 Å². The average molecular weight is 1090 g/mol. The molecule has 448 valence electrons. The molecule has 11 nitrogen and oxygen atoms in total. The first kappa shape index (κ1) is 72.4. The maximum Gasteiger partial charge on any atom is 0.305 e. The van der Waals surface area contributed by atoms with Crippen molar-refractivity contribution in [1.29, 1.82) is 0 Å². The molecular formula is C66H119NO10. The van der Waals surface area contributed by atoms with E-state index in [1.54, 1.807) is 6.08 Å². The SMILES string of the molecule is CCCCC/C=C\CCCCCCCC(=O)OCCCCCCCCCCC/C=C\C/C=C\CCCCCCCCCCCC(=O)NC(COC1OC(CO)C(O)C(O)C1O)C(O)/C=C/CC/C=C/CCCCCCCC. The second-order valence-electron chi connectivity index (χ2n) is 22.1. The van der Waals surface area contributed by atoms with Crippen LogP contribution >= 0.6 is 0 Å². The number of carbonyl (C=O) groups excluding carboxylic acids is 2. The molecule has 1 heterocycles. The number of amides is 1. The molecule has 0 aromatic carbocycles. The Morgan fingerprint density at radius 3 is 1.39 bits per heavy atom. The van der Waals surface area contributed by atoms with Crippen molar-refractivity contribution < 1.29 is 49.3 Å². The minimum atomic E-state index is -1.58. The molecule has 0 aromatic heterocycles. The lowest BCUT2D eigenvalue weighted by Gasteiger charge is -2.40. The van der Waals surface area contributed by atoms with Gasteiger partial charge in [0.2, 0.25) is 5.91 Å². The molecule has 1 rings (SSSR count). The zero-order valence-electron chi connectivity index (χ0n) is 49.4. The zero-order chi connectivity index (χ0) is 55.9. The number of unbranched alkanes of at least 4 members (excludes halogenated alkanes) is 33. The van der Waals surface area contributed by atoms with Gasteiger partial charge in [-0.2, -0.15) is 0 Å². The van der Waals surface area contributed by atoms with Crippen LogP contribution in [0.25, 0.3) is 0 Å². The van der Waals surface area contributed by atoms with Crippen molar-refractivity contribution in [2.24, 2.45) is 0 Å². The van der Waals surface area contributed by atoms with Gasteiger partial charge in [0.15, 0.2) is 6.29 Å². The molecule has 0 aromatic rings. The third kappa shape index (κ3) is 44.8. The Morgan fingerprint density at radius 1 is 0.481 bits per heavy atom. The van der Waals surface area contributed by atoms with Crippen LogP contribution in [0.1, 0.15) is 284 Å². The van der Waals surface area contributed by atoms with Crippen LogP contribution in [0.4, 0.5) is 0 Å². The first-order valence-corrected chi connectivity index (χ1v) is 32.1. The molecule has 1 fully saturated rings. The molecule has 0 bridgehead atoms. The van der Waals surface area contributed by atoms with Crippen molar-refractivity contribution in [3.63, 3.8) is 0 Å². The van der Waals surface area contributed by atoms with Crippen LogP contribution in [0.15, 0.2) is 60.8 Å². The number of carbonyl (C=O) groups is 2. The van der Waals surface area contributed by atoms with Gasteiger partial charge in [0, 0.05) is 12.8 Å². The van der Waals surface area contributed by atoms with E-state index in [4.69, 9.17) is 14.2 Å². The Balaban J connectivity index is 2.05.